The van der Waals surface area contributed by atoms with E-state index in [0.717, 1.165) is 12.3 Å². The Bertz CT molecular complexity index is 1440. The van der Waals surface area contributed by atoms with Gasteiger partial charge in [0.05, 0.1) is 30.9 Å². The van der Waals surface area contributed by atoms with Gasteiger partial charge in [-0.3, -0.25) is 4.79 Å². The van der Waals surface area contributed by atoms with Crippen LogP contribution in [0.5, 0.6) is 17.2 Å². The Kier molecular flexibility index (Phi) is 7.47. The largest absolute Gasteiger partial charge is 0.508 e. The Balaban J connectivity index is 1.49. The zero-order valence-corrected chi connectivity index (χ0v) is 20.7. The smallest absolute Gasteiger partial charge is 0.204 e. The number of phenols is 3. The molecule has 0 spiro atoms. The van der Waals surface area contributed by atoms with Crippen molar-refractivity contribution in [1.29, 1.82) is 0 Å². The van der Waals surface area contributed by atoms with Gasteiger partial charge >= 0.3 is 0 Å². The van der Waals surface area contributed by atoms with Crippen molar-refractivity contribution in [3.05, 3.63) is 52.4 Å². The van der Waals surface area contributed by atoms with Crippen LogP contribution in [-0.4, -0.2) is 108 Å². The van der Waals surface area contributed by atoms with E-state index in [2.05, 4.69) is 0 Å². The van der Waals surface area contributed by atoms with Gasteiger partial charge in [0.25, 0.3) is 0 Å². The number of aliphatic hydroxyl groups is 6. The number of rotatable bonds is 6. The minimum Gasteiger partial charge on any atom is -0.508 e. The van der Waals surface area contributed by atoms with Gasteiger partial charge < -0.3 is 64.6 Å². The first-order valence-electron chi connectivity index (χ1n) is 12.2. The summed E-state index contributed by atoms with van der Waals surface area (Å²) in [6, 6.07) is 6.44. The number of hydrogen-bond donors (Lipinski definition) is 9. The molecule has 14 heteroatoms. The maximum Gasteiger partial charge on any atom is 0.204 e. The summed E-state index contributed by atoms with van der Waals surface area (Å²) in [5.74, 6) is -1.33. The third-order valence-electron chi connectivity index (χ3n) is 7.22. The Morgan fingerprint density at radius 2 is 1.68 bits per heavy atom. The molecular formula is C26H28O14. The van der Waals surface area contributed by atoms with E-state index >= 15 is 0 Å². The first-order valence-corrected chi connectivity index (χ1v) is 12.2. The predicted molar refractivity (Wildman–Crippen MR) is 132 cm³/mol. The van der Waals surface area contributed by atoms with Crippen molar-refractivity contribution < 1.29 is 64.6 Å². The third-order valence-corrected chi connectivity index (χ3v) is 7.22. The van der Waals surface area contributed by atoms with Gasteiger partial charge in [0.15, 0.2) is 11.9 Å². The third kappa shape index (κ3) is 4.68. The standard InChI is InChI=1S/C26H28O14/c27-8-26(36)9-39-25(24(26)35)38-7-15-19(32)20(33)21(34)23(40-15)17-14(30)5-13(29)16-18(31)12(6-37-22(16)17)10-1-3-11(28)4-2-10/h1-6,15,19-21,23-25,27-30,32-36H,7-9H2/t15-,19-,20+,21-,23+,24+,25-,26-/m1/s1. The monoisotopic (exact) mass is 564 g/mol. The van der Waals surface area contributed by atoms with Crippen molar-refractivity contribution in [2.45, 2.75) is 48.5 Å². The first kappa shape index (κ1) is 28.2. The number of hydrogen-bond acceptors (Lipinski definition) is 14. The molecule has 2 saturated heterocycles. The highest BCUT2D eigenvalue weighted by Gasteiger charge is 2.50. The van der Waals surface area contributed by atoms with E-state index in [4.69, 9.17) is 18.6 Å². The molecule has 40 heavy (non-hydrogen) atoms. The van der Waals surface area contributed by atoms with Crippen LogP contribution in [0.25, 0.3) is 22.1 Å². The van der Waals surface area contributed by atoms with Crippen molar-refractivity contribution in [3.63, 3.8) is 0 Å². The summed E-state index contributed by atoms with van der Waals surface area (Å²) < 4.78 is 22.0. The summed E-state index contributed by atoms with van der Waals surface area (Å²) in [5.41, 5.74) is -2.97. The molecule has 2 aliphatic rings. The minimum absolute atomic E-state index is 0.0178. The van der Waals surface area contributed by atoms with E-state index in [0.29, 0.717) is 5.56 Å². The molecule has 0 aliphatic carbocycles. The number of benzene rings is 2. The Morgan fingerprint density at radius 1 is 0.975 bits per heavy atom. The van der Waals surface area contributed by atoms with Gasteiger partial charge in [-0.1, -0.05) is 12.1 Å². The van der Waals surface area contributed by atoms with Crippen LogP contribution in [0.1, 0.15) is 11.7 Å². The topological polar surface area (TPSA) is 240 Å². The highest BCUT2D eigenvalue weighted by Crippen LogP contribution is 2.43. The molecule has 0 bridgehead atoms. The second kappa shape index (κ2) is 10.6. The van der Waals surface area contributed by atoms with Crippen molar-refractivity contribution >= 4 is 11.0 Å². The van der Waals surface area contributed by atoms with Crippen LogP contribution in [0, 0.1) is 0 Å². The van der Waals surface area contributed by atoms with Crippen LogP contribution in [0.2, 0.25) is 0 Å². The van der Waals surface area contributed by atoms with Gasteiger partial charge in [-0.25, -0.2) is 0 Å². The molecule has 2 aromatic carbocycles. The highest BCUT2D eigenvalue weighted by atomic mass is 16.7. The molecule has 5 rings (SSSR count). The maximum absolute atomic E-state index is 13.3. The number of fused-ring (bicyclic) bond motifs is 1. The summed E-state index contributed by atoms with van der Waals surface area (Å²) >= 11 is 0. The second-order valence-corrected chi connectivity index (χ2v) is 9.84. The molecule has 0 radical (unpaired) electrons. The zero-order valence-electron chi connectivity index (χ0n) is 20.7. The Morgan fingerprint density at radius 3 is 2.33 bits per heavy atom. The van der Waals surface area contributed by atoms with E-state index in [1.54, 1.807) is 0 Å². The summed E-state index contributed by atoms with van der Waals surface area (Å²) in [7, 11) is 0. The molecule has 1 aromatic heterocycles. The van der Waals surface area contributed by atoms with Crippen molar-refractivity contribution in [3.8, 4) is 28.4 Å². The molecule has 0 saturated carbocycles. The Labute approximate surface area is 225 Å². The molecule has 14 nitrogen and oxygen atoms in total. The fourth-order valence-electron chi connectivity index (χ4n) is 4.86. The highest BCUT2D eigenvalue weighted by molar-refractivity contribution is 5.91. The van der Waals surface area contributed by atoms with Gasteiger partial charge in [0.2, 0.25) is 5.43 Å². The molecule has 216 valence electrons. The summed E-state index contributed by atoms with van der Waals surface area (Å²) in [6.07, 6.45) is -10.4. The second-order valence-electron chi connectivity index (χ2n) is 9.84. The lowest BCUT2D eigenvalue weighted by Crippen LogP contribution is -2.56. The predicted octanol–water partition coefficient (Wildman–Crippen LogP) is -1.44. The minimum atomic E-state index is -1.97. The summed E-state index contributed by atoms with van der Waals surface area (Å²) in [6.45, 7) is -1.79. The van der Waals surface area contributed by atoms with Gasteiger partial charge in [-0.2, -0.15) is 0 Å². The molecule has 2 fully saturated rings. The number of phenolic OH excluding ortho intramolecular Hbond substituents is 3. The number of aliphatic hydroxyl groups excluding tert-OH is 5. The first-order chi connectivity index (χ1) is 19.0. The van der Waals surface area contributed by atoms with Gasteiger partial charge in [0, 0.05) is 6.07 Å². The fraction of sp³-hybridized carbons (Fsp3) is 0.423. The normalized spacial score (nSPS) is 32.5. The van der Waals surface area contributed by atoms with Crippen molar-refractivity contribution in [2.75, 3.05) is 19.8 Å². The maximum atomic E-state index is 13.3. The van der Waals surface area contributed by atoms with Gasteiger partial charge in [-0.05, 0) is 17.7 Å². The van der Waals surface area contributed by atoms with Crippen molar-refractivity contribution in [2.24, 2.45) is 0 Å². The Hall–Kier alpha value is -3.31. The summed E-state index contributed by atoms with van der Waals surface area (Å²) in [5, 5.41) is 91.8. The molecule has 3 aromatic rings. The van der Waals surface area contributed by atoms with Crippen LogP contribution in [0.3, 0.4) is 0 Å². The lowest BCUT2D eigenvalue weighted by molar-refractivity contribution is -0.252. The molecular weight excluding hydrogens is 536 g/mol. The molecule has 8 atom stereocenters. The molecule has 0 amide bonds. The lowest BCUT2D eigenvalue weighted by Gasteiger charge is -2.41. The van der Waals surface area contributed by atoms with Crippen LogP contribution in [0.4, 0.5) is 0 Å². The van der Waals surface area contributed by atoms with E-state index in [9.17, 15) is 50.8 Å². The van der Waals surface area contributed by atoms with Crippen LogP contribution in [-0.2, 0) is 14.2 Å². The number of ether oxygens (including phenoxy) is 3. The lowest BCUT2D eigenvalue weighted by atomic mass is 9.89. The average molecular weight is 564 g/mol. The van der Waals surface area contributed by atoms with Crippen LogP contribution >= 0.6 is 0 Å². The molecule has 9 N–H and O–H groups in total. The van der Waals surface area contributed by atoms with Crippen LogP contribution < -0.4 is 5.43 Å². The van der Waals surface area contributed by atoms with E-state index in [1.807, 2.05) is 0 Å². The summed E-state index contributed by atoms with van der Waals surface area (Å²) in [4.78, 5) is 13.3. The molecule has 3 heterocycles. The number of aromatic hydroxyl groups is 3. The van der Waals surface area contributed by atoms with Gasteiger partial charge in [-0.15, -0.1) is 0 Å². The van der Waals surface area contributed by atoms with Gasteiger partial charge in [0.1, 0.15) is 71.1 Å². The quantitative estimate of drug-likeness (QED) is 0.167. The van der Waals surface area contributed by atoms with E-state index in [-0.39, 0.29) is 27.8 Å². The molecule has 2 aliphatic heterocycles. The molecule has 0 unspecified atom stereocenters. The SMILES string of the molecule is O=c1c(-c2ccc(O)cc2)coc2c([C@@H]3O[C@H](CO[C@@H]4OC[C@](O)(CO)[C@H]4O)[C@@H](O)[C@H](O)[C@H]3O)c(O)cc(O)c12. The van der Waals surface area contributed by atoms with E-state index < -0.39 is 85.3 Å². The van der Waals surface area contributed by atoms with E-state index in [1.165, 1.54) is 24.3 Å². The van der Waals surface area contributed by atoms with Crippen molar-refractivity contribution in [1.82, 2.24) is 0 Å². The fourth-order valence-corrected chi connectivity index (χ4v) is 4.86. The zero-order chi connectivity index (χ0) is 28.9. The average Bonchev–Trinajstić information content (AvgIpc) is 3.22. The van der Waals surface area contributed by atoms with Crippen LogP contribution in [0.15, 0.2) is 45.8 Å².